The Hall–Kier alpha value is -0.630. The molecule has 2 heteroatoms. The average Bonchev–Trinajstić information content (AvgIpc) is 2.76. The Kier molecular flexibility index (Phi) is 2.51. The first-order valence-corrected chi connectivity index (χ1v) is 8.61. The van der Waals surface area contributed by atoms with Crippen molar-refractivity contribution in [2.45, 2.75) is 71.3 Å². The van der Waals surface area contributed by atoms with E-state index < -0.39 is 17.9 Å². The molecule has 1 unspecified atom stereocenters. The molecular weight excluding hydrogens is 260 g/mol. The van der Waals surface area contributed by atoms with Gasteiger partial charge < -0.3 is 5.11 Å². The Labute approximate surface area is 130 Å². The predicted molar refractivity (Wildman–Crippen MR) is 82.7 cm³/mol. The van der Waals surface area contributed by atoms with Crippen LogP contribution in [0.15, 0.2) is 11.6 Å². The van der Waals surface area contributed by atoms with Crippen molar-refractivity contribution in [1.82, 2.24) is 0 Å². The van der Waals surface area contributed by atoms with Gasteiger partial charge in [-0.05, 0) is 68.1 Å². The number of rotatable bonds is 0. The highest BCUT2D eigenvalue weighted by Crippen LogP contribution is 2.63. The molecule has 4 aliphatic carbocycles. The van der Waals surface area contributed by atoms with Gasteiger partial charge in [0.15, 0.2) is 0 Å². The third-order valence-electron chi connectivity index (χ3n) is 7.35. The summed E-state index contributed by atoms with van der Waals surface area (Å²) in [5, 5.41) is 10.1. The van der Waals surface area contributed by atoms with Gasteiger partial charge in [-0.15, -0.1) is 0 Å². The molecule has 0 amide bonds. The molecule has 0 aromatic heterocycles. The largest absolute Gasteiger partial charge is 0.393 e. The first kappa shape index (κ1) is 11.9. The summed E-state index contributed by atoms with van der Waals surface area (Å²) in [5.41, 5.74) is 0.502. The fourth-order valence-electron chi connectivity index (χ4n) is 6.03. The molecule has 4 rings (SSSR count). The van der Waals surface area contributed by atoms with Crippen LogP contribution in [0, 0.1) is 28.6 Å². The summed E-state index contributed by atoms with van der Waals surface area (Å²) in [6, 6.07) is 0. The second kappa shape index (κ2) is 4.44. The molecule has 6 atom stereocenters. The standard InChI is InChI=1S/C19H28O2/c1-18-9-7-13(20)11-12(18)3-4-14-15-5-6-17(21)19(15,2)10-8-16(14)18/h3,13-16,20H,4-11H2,1-2H3/t13?,14-,15-,16-,18-,19-/m0/s1/i9D2. The van der Waals surface area contributed by atoms with E-state index in [0.29, 0.717) is 36.4 Å². The van der Waals surface area contributed by atoms with Crippen LogP contribution in [0.3, 0.4) is 0 Å². The molecule has 0 bridgehead atoms. The topological polar surface area (TPSA) is 37.3 Å². The maximum absolute atomic E-state index is 12.4. The van der Waals surface area contributed by atoms with E-state index in [9.17, 15) is 9.90 Å². The summed E-state index contributed by atoms with van der Waals surface area (Å²) in [4.78, 5) is 12.4. The van der Waals surface area contributed by atoms with Gasteiger partial charge in [-0.2, -0.15) is 0 Å². The summed E-state index contributed by atoms with van der Waals surface area (Å²) >= 11 is 0. The molecule has 0 aromatic carbocycles. The minimum Gasteiger partial charge on any atom is -0.393 e. The summed E-state index contributed by atoms with van der Waals surface area (Å²) in [7, 11) is 0. The highest BCUT2D eigenvalue weighted by Gasteiger charge is 2.58. The zero-order chi connectivity index (χ0) is 16.6. The van der Waals surface area contributed by atoms with Crippen LogP contribution >= 0.6 is 0 Å². The molecule has 3 fully saturated rings. The Bertz CT molecular complexity index is 584. The fourth-order valence-corrected chi connectivity index (χ4v) is 6.03. The molecule has 4 aliphatic rings. The first-order valence-electron chi connectivity index (χ1n) is 9.61. The van der Waals surface area contributed by atoms with Gasteiger partial charge in [0.05, 0.1) is 6.10 Å². The van der Waals surface area contributed by atoms with Gasteiger partial charge in [-0.3, -0.25) is 4.79 Å². The maximum Gasteiger partial charge on any atom is 0.139 e. The second-order valence-corrected chi connectivity index (χ2v) is 8.20. The first-order chi connectivity index (χ1) is 10.7. The van der Waals surface area contributed by atoms with Crippen molar-refractivity contribution in [2.24, 2.45) is 28.6 Å². The third kappa shape index (κ3) is 1.78. The number of carbonyl (C=O) groups is 1. The number of Topliss-reactive ketones (excluding diaryl/α,β-unsaturated/α-hetero) is 1. The van der Waals surface area contributed by atoms with Crippen LogP contribution in [0.2, 0.25) is 0 Å². The lowest BCUT2D eigenvalue weighted by Gasteiger charge is -2.56. The summed E-state index contributed by atoms with van der Waals surface area (Å²) in [5.74, 6) is 1.60. The minimum atomic E-state index is -1.36. The molecule has 1 N–H and O–H groups in total. The molecule has 3 saturated carbocycles. The van der Waals surface area contributed by atoms with Crippen LogP contribution in [-0.2, 0) is 4.79 Å². The Balaban J connectivity index is 1.76. The smallest absolute Gasteiger partial charge is 0.139 e. The number of carbonyl (C=O) groups excluding carboxylic acids is 1. The van der Waals surface area contributed by atoms with E-state index in [1.54, 1.807) is 0 Å². The van der Waals surface area contributed by atoms with E-state index in [0.717, 1.165) is 31.3 Å². The van der Waals surface area contributed by atoms with E-state index in [1.807, 2.05) is 0 Å². The molecule has 116 valence electrons. The molecule has 0 radical (unpaired) electrons. The Morgan fingerprint density at radius 1 is 1.24 bits per heavy atom. The normalized spacial score (nSPS) is 56.5. The van der Waals surface area contributed by atoms with Crippen molar-refractivity contribution in [3.8, 4) is 0 Å². The van der Waals surface area contributed by atoms with Gasteiger partial charge >= 0.3 is 0 Å². The Morgan fingerprint density at radius 2 is 2.00 bits per heavy atom. The molecule has 0 heterocycles. The van der Waals surface area contributed by atoms with Crippen molar-refractivity contribution in [2.75, 3.05) is 0 Å². The van der Waals surface area contributed by atoms with Gasteiger partial charge in [0.25, 0.3) is 0 Å². The maximum atomic E-state index is 12.4. The van der Waals surface area contributed by atoms with Crippen LogP contribution < -0.4 is 0 Å². The molecule has 0 aromatic rings. The van der Waals surface area contributed by atoms with Gasteiger partial charge in [-0.1, -0.05) is 25.5 Å². The SMILES string of the molecule is [2H]C1([2H])CC(O)CC2=CC[C@@H]3[C@H](CC[C@]4(C)C(=O)CC[C@@H]34)[C@]21C. The monoisotopic (exact) mass is 290 g/mol. The number of hydrogen-bond acceptors (Lipinski definition) is 2. The van der Waals surface area contributed by atoms with E-state index in [1.165, 1.54) is 0 Å². The van der Waals surface area contributed by atoms with Gasteiger partial charge in [0.1, 0.15) is 5.78 Å². The Morgan fingerprint density at radius 3 is 2.81 bits per heavy atom. The van der Waals surface area contributed by atoms with E-state index in [-0.39, 0.29) is 11.8 Å². The zero-order valence-corrected chi connectivity index (χ0v) is 13.2. The zero-order valence-electron chi connectivity index (χ0n) is 15.2. The highest BCUT2D eigenvalue weighted by atomic mass is 16.3. The highest BCUT2D eigenvalue weighted by molar-refractivity contribution is 5.87. The van der Waals surface area contributed by atoms with Crippen LogP contribution in [0.5, 0.6) is 0 Å². The molecule has 21 heavy (non-hydrogen) atoms. The predicted octanol–water partition coefficient (Wildman–Crippen LogP) is 3.88. The lowest BCUT2D eigenvalue weighted by atomic mass is 9.48. The minimum absolute atomic E-state index is 0.163. The molecule has 2 nitrogen and oxygen atoms in total. The molecule has 0 spiro atoms. The lowest BCUT2D eigenvalue weighted by Crippen LogP contribution is -2.50. The molecule has 0 saturated heterocycles. The average molecular weight is 290 g/mol. The van der Waals surface area contributed by atoms with Crippen LogP contribution in [0.1, 0.15) is 67.9 Å². The van der Waals surface area contributed by atoms with Crippen molar-refractivity contribution < 1.29 is 12.6 Å². The van der Waals surface area contributed by atoms with Gasteiger partial charge in [-0.25, -0.2) is 0 Å². The van der Waals surface area contributed by atoms with Crippen LogP contribution in [-0.4, -0.2) is 17.0 Å². The number of aliphatic hydroxyl groups excluding tert-OH is 1. The number of hydrogen-bond donors (Lipinski definition) is 1. The van der Waals surface area contributed by atoms with Crippen molar-refractivity contribution in [1.29, 1.82) is 0 Å². The second-order valence-electron chi connectivity index (χ2n) is 8.20. The summed E-state index contributed by atoms with van der Waals surface area (Å²) in [6.07, 6.45) is 5.70. The number of fused-ring (bicyclic) bond motifs is 5. The van der Waals surface area contributed by atoms with Crippen LogP contribution in [0.4, 0.5) is 0 Å². The van der Waals surface area contributed by atoms with Gasteiger partial charge in [0, 0.05) is 14.6 Å². The quantitative estimate of drug-likeness (QED) is 0.687. The van der Waals surface area contributed by atoms with Crippen molar-refractivity contribution >= 4 is 5.78 Å². The van der Waals surface area contributed by atoms with Crippen molar-refractivity contribution in [3.05, 3.63) is 11.6 Å². The third-order valence-corrected chi connectivity index (χ3v) is 7.35. The van der Waals surface area contributed by atoms with E-state index >= 15 is 0 Å². The van der Waals surface area contributed by atoms with E-state index in [4.69, 9.17) is 2.74 Å². The lowest BCUT2D eigenvalue weighted by molar-refractivity contribution is -0.132. The van der Waals surface area contributed by atoms with Crippen molar-refractivity contribution in [3.63, 3.8) is 0 Å². The summed E-state index contributed by atoms with van der Waals surface area (Å²) in [6.45, 7) is 4.25. The number of allylic oxidation sites excluding steroid dienone is 1. The molecule has 0 aliphatic heterocycles. The summed E-state index contributed by atoms with van der Waals surface area (Å²) < 4.78 is 17.4. The van der Waals surface area contributed by atoms with Crippen LogP contribution in [0.25, 0.3) is 0 Å². The number of ketones is 1. The number of aliphatic hydroxyl groups is 1. The van der Waals surface area contributed by atoms with Gasteiger partial charge in [0.2, 0.25) is 0 Å². The molecular formula is C19H28O2. The fraction of sp³-hybridized carbons (Fsp3) is 0.842. The van der Waals surface area contributed by atoms with E-state index in [2.05, 4.69) is 19.9 Å².